The van der Waals surface area contributed by atoms with Crippen LogP contribution in [-0.2, 0) is 6.54 Å². The summed E-state index contributed by atoms with van der Waals surface area (Å²) in [7, 11) is 1.56. The first kappa shape index (κ1) is 13.8. The molecule has 0 spiro atoms. The molecule has 0 saturated heterocycles. The standard InChI is InChI=1S/C14H15N3O3/c1-10-3-5-12(17(18)19)7-13(10)15-8-11-4-6-14(20-2)16-9-11/h3-7,9,15H,8H2,1-2H3. The number of nitro benzene ring substituents is 1. The number of aryl methyl sites for hydroxylation is 1. The van der Waals surface area contributed by atoms with Gasteiger partial charge >= 0.3 is 0 Å². The van der Waals surface area contributed by atoms with Gasteiger partial charge in [0.25, 0.3) is 5.69 Å². The fraction of sp³-hybridized carbons (Fsp3) is 0.214. The molecule has 0 atom stereocenters. The van der Waals surface area contributed by atoms with Gasteiger partial charge in [-0.25, -0.2) is 4.98 Å². The Balaban J connectivity index is 2.09. The Labute approximate surface area is 116 Å². The number of benzene rings is 1. The van der Waals surface area contributed by atoms with Crippen LogP contribution in [0.25, 0.3) is 0 Å². The summed E-state index contributed by atoms with van der Waals surface area (Å²) in [6, 6.07) is 8.43. The maximum Gasteiger partial charge on any atom is 0.271 e. The number of rotatable bonds is 5. The maximum atomic E-state index is 10.8. The van der Waals surface area contributed by atoms with E-state index in [1.54, 1.807) is 25.4 Å². The van der Waals surface area contributed by atoms with Gasteiger partial charge in [-0.05, 0) is 18.1 Å². The van der Waals surface area contributed by atoms with Crippen LogP contribution in [0, 0.1) is 17.0 Å². The normalized spacial score (nSPS) is 10.1. The molecule has 0 saturated carbocycles. The van der Waals surface area contributed by atoms with Crippen molar-refractivity contribution in [2.75, 3.05) is 12.4 Å². The molecule has 0 bridgehead atoms. The fourth-order valence-corrected chi connectivity index (χ4v) is 1.75. The van der Waals surface area contributed by atoms with Crippen LogP contribution in [0.1, 0.15) is 11.1 Å². The van der Waals surface area contributed by atoms with Crippen LogP contribution in [-0.4, -0.2) is 17.0 Å². The van der Waals surface area contributed by atoms with Gasteiger partial charge < -0.3 is 10.1 Å². The Hall–Kier alpha value is -2.63. The minimum absolute atomic E-state index is 0.0750. The van der Waals surface area contributed by atoms with Crippen molar-refractivity contribution in [1.29, 1.82) is 0 Å². The average Bonchev–Trinajstić information content (AvgIpc) is 2.46. The van der Waals surface area contributed by atoms with Crippen molar-refractivity contribution in [3.8, 4) is 5.88 Å². The molecule has 0 unspecified atom stereocenters. The number of non-ortho nitro benzene ring substituents is 1. The second-order valence-electron chi connectivity index (χ2n) is 4.32. The van der Waals surface area contributed by atoms with Crippen LogP contribution in [0.4, 0.5) is 11.4 Å². The van der Waals surface area contributed by atoms with E-state index in [0.717, 1.165) is 16.8 Å². The minimum Gasteiger partial charge on any atom is -0.481 e. The number of nitrogens with zero attached hydrogens (tertiary/aromatic N) is 2. The highest BCUT2D eigenvalue weighted by atomic mass is 16.6. The summed E-state index contributed by atoms with van der Waals surface area (Å²) in [4.78, 5) is 14.5. The van der Waals surface area contributed by atoms with E-state index >= 15 is 0 Å². The van der Waals surface area contributed by atoms with Gasteiger partial charge in [0.1, 0.15) is 0 Å². The van der Waals surface area contributed by atoms with E-state index in [4.69, 9.17) is 4.74 Å². The topological polar surface area (TPSA) is 77.3 Å². The lowest BCUT2D eigenvalue weighted by Gasteiger charge is -2.09. The molecular formula is C14H15N3O3. The number of aromatic nitrogens is 1. The van der Waals surface area contributed by atoms with E-state index < -0.39 is 4.92 Å². The van der Waals surface area contributed by atoms with Crippen LogP contribution in [0.2, 0.25) is 0 Å². The lowest BCUT2D eigenvalue weighted by Crippen LogP contribution is -2.02. The zero-order chi connectivity index (χ0) is 14.5. The number of ether oxygens (including phenoxy) is 1. The summed E-state index contributed by atoms with van der Waals surface area (Å²) in [6.45, 7) is 2.44. The van der Waals surface area contributed by atoms with E-state index in [-0.39, 0.29) is 5.69 Å². The van der Waals surface area contributed by atoms with Gasteiger partial charge in [-0.1, -0.05) is 12.1 Å². The summed E-state index contributed by atoms with van der Waals surface area (Å²) < 4.78 is 4.99. The van der Waals surface area contributed by atoms with E-state index in [1.807, 2.05) is 13.0 Å². The molecule has 6 nitrogen and oxygen atoms in total. The quantitative estimate of drug-likeness (QED) is 0.669. The van der Waals surface area contributed by atoms with Gasteiger partial charge in [0.2, 0.25) is 5.88 Å². The van der Waals surface area contributed by atoms with E-state index in [0.29, 0.717) is 12.4 Å². The number of nitrogens with one attached hydrogen (secondary N) is 1. The molecule has 1 heterocycles. The molecule has 0 aliphatic carbocycles. The molecule has 0 fully saturated rings. The largest absolute Gasteiger partial charge is 0.481 e. The fourth-order valence-electron chi connectivity index (χ4n) is 1.75. The van der Waals surface area contributed by atoms with Gasteiger partial charge in [0.05, 0.1) is 12.0 Å². The smallest absolute Gasteiger partial charge is 0.271 e. The van der Waals surface area contributed by atoms with Crippen molar-refractivity contribution in [3.05, 3.63) is 57.8 Å². The Morgan fingerprint density at radius 1 is 1.35 bits per heavy atom. The maximum absolute atomic E-state index is 10.8. The number of anilines is 1. The molecule has 20 heavy (non-hydrogen) atoms. The Morgan fingerprint density at radius 2 is 2.15 bits per heavy atom. The molecule has 0 radical (unpaired) electrons. The summed E-state index contributed by atoms with van der Waals surface area (Å²) in [6.07, 6.45) is 1.71. The Morgan fingerprint density at radius 3 is 2.75 bits per heavy atom. The van der Waals surface area contributed by atoms with E-state index in [1.165, 1.54) is 12.1 Å². The number of hydrogen-bond acceptors (Lipinski definition) is 5. The highest BCUT2D eigenvalue weighted by molar-refractivity contribution is 5.56. The highest BCUT2D eigenvalue weighted by Crippen LogP contribution is 2.22. The minimum atomic E-state index is -0.403. The van der Waals surface area contributed by atoms with E-state index in [2.05, 4.69) is 10.3 Å². The third kappa shape index (κ3) is 3.23. The van der Waals surface area contributed by atoms with Crippen molar-refractivity contribution in [1.82, 2.24) is 4.98 Å². The molecule has 1 aromatic heterocycles. The second kappa shape index (κ2) is 6.01. The van der Waals surface area contributed by atoms with Gasteiger partial charge in [-0.2, -0.15) is 0 Å². The number of nitro groups is 1. The van der Waals surface area contributed by atoms with Crippen LogP contribution in [0.5, 0.6) is 5.88 Å². The lowest BCUT2D eigenvalue weighted by atomic mass is 10.1. The van der Waals surface area contributed by atoms with Crippen LogP contribution < -0.4 is 10.1 Å². The number of hydrogen-bond donors (Lipinski definition) is 1. The third-order valence-corrected chi connectivity index (χ3v) is 2.92. The molecule has 1 aromatic carbocycles. The predicted molar refractivity (Wildman–Crippen MR) is 75.9 cm³/mol. The molecule has 0 aliphatic rings. The summed E-state index contributed by atoms with van der Waals surface area (Å²) >= 11 is 0. The van der Waals surface area contributed by atoms with Crippen molar-refractivity contribution in [3.63, 3.8) is 0 Å². The Bertz CT molecular complexity index is 612. The molecule has 0 amide bonds. The summed E-state index contributed by atoms with van der Waals surface area (Å²) in [5.74, 6) is 0.556. The molecule has 2 aromatic rings. The van der Waals surface area contributed by atoms with Crippen LogP contribution in [0.3, 0.4) is 0 Å². The van der Waals surface area contributed by atoms with Crippen LogP contribution >= 0.6 is 0 Å². The van der Waals surface area contributed by atoms with Gasteiger partial charge in [0.15, 0.2) is 0 Å². The molecule has 0 aliphatic heterocycles. The monoisotopic (exact) mass is 273 g/mol. The molecular weight excluding hydrogens is 258 g/mol. The molecule has 1 N–H and O–H groups in total. The molecule has 6 heteroatoms. The van der Waals surface area contributed by atoms with Crippen molar-refractivity contribution >= 4 is 11.4 Å². The zero-order valence-electron chi connectivity index (χ0n) is 11.3. The first-order valence-electron chi connectivity index (χ1n) is 6.08. The first-order valence-corrected chi connectivity index (χ1v) is 6.08. The average molecular weight is 273 g/mol. The second-order valence-corrected chi connectivity index (χ2v) is 4.32. The predicted octanol–water partition coefficient (Wildman–Crippen LogP) is 2.92. The van der Waals surface area contributed by atoms with E-state index in [9.17, 15) is 10.1 Å². The lowest BCUT2D eigenvalue weighted by molar-refractivity contribution is -0.384. The third-order valence-electron chi connectivity index (χ3n) is 2.92. The highest BCUT2D eigenvalue weighted by Gasteiger charge is 2.08. The first-order chi connectivity index (χ1) is 9.60. The van der Waals surface area contributed by atoms with Crippen LogP contribution in [0.15, 0.2) is 36.5 Å². The summed E-state index contributed by atoms with van der Waals surface area (Å²) in [5, 5.41) is 13.9. The number of pyridine rings is 1. The summed E-state index contributed by atoms with van der Waals surface area (Å²) in [5.41, 5.74) is 2.75. The SMILES string of the molecule is COc1ccc(CNc2cc([N+](=O)[O-])ccc2C)cn1. The van der Waals surface area contributed by atoms with Gasteiger partial charge in [-0.15, -0.1) is 0 Å². The molecule has 2 rings (SSSR count). The Kier molecular flexibility index (Phi) is 4.14. The van der Waals surface area contributed by atoms with Gasteiger partial charge in [-0.3, -0.25) is 10.1 Å². The zero-order valence-corrected chi connectivity index (χ0v) is 11.3. The molecule has 104 valence electrons. The van der Waals surface area contributed by atoms with Crippen molar-refractivity contribution in [2.24, 2.45) is 0 Å². The number of methoxy groups -OCH3 is 1. The van der Waals surface area contributed by atoms with Gasteiger partial charge in [0, 0.05) is 36.6 Å². The van der Waals surface area contributed by atoms with Crippen molar-refractivity contribution < 1.29 is 9.66 Å². The van der Waals surface area contributed by atoms with Crippen molar-refractivity contribution in [2.45, 2.75) is 13.5 Å².